The number of benzene rings is 1. The highest BCUT2D eigenvalue weighted by molar-refractivity contribution is 5.76. The van der Waals surface area contributed by atoms with Crippen molar-refractivity contribution in [2.75, 3.05) is 6.54 Å². The van der Waals surface area contributed by atoms with Gasteiger partial charge in [0, 0.05) is 17.6 Å². The quantitative estimate of drug-likeness (QED) is 0.863. The molecule has 0 saturated carbocycles. The molecule has 1 fully saturated rings. The fraction of sp³-hybridized carbons (Fsp3) is 0.467. The maximum atomic E-state index is 12.1. The molecule has 116 valence electrons. The smallest absolute Gasteiger partial charge is 0.243 e. The van der Waals surface area contributed by atoms with Gasteiger partial charge in [-0.2, -0.15) is 4.80 Å². The molecule has 0 spiro atoms. The summed E-state index contributed by atoms with van der Waals surface area (Å²) in [6.45, 7) is 3.19. The third-order valence-electron chi connectivity index (χ3n) is 3.88. The number of nitrogens with one attached hydrogen (secondary N) is 2. The lowest BCUT2D eigenvalue weighted by molar-refractivity contribution is -0.123. The van der Waals surface area contributed by atoms with Crippen molar-refractivity contribution in [2.45, 2.75) is 38.4 Å². The number of hydrogen-bond donors (Lipinski definition) is 2. The molecule has 2 N–H and O–H groups in total. The van der Waals surface area contributed by atoms with E-state index in [4.69, 9.17) is 0 Å². The number of nitrogens with zero attached hydrogens (tertiary/aromatic N) is 4. The van der Waals surface area contributed by atoms with E-state index in [0.717, 1.165) is 24.9 Å². The van der Waals surface area contributed by atoms with E-state index in [0.29, 0.717) is 11.9 Å². The van der Waals surface area contributed by atoms with Gasteiger partial charge in [0.2, 0.25) is 11.7 Å². The van der Waals surface area contributed by atoms with Gasteiger partial charge in [0.25, 0.3) is 0 Å². The standard InChI is InChI=1S/C15H20N6O/c1-11-13(8-5-9-16-11)17-14(22)10-21-19-15(18-20-21)12-6-3-2-4-7-12/h2-4,6-7,11,13,16H,5,8-10H2,1H3,(H,17,22). The minimum atomic E-state index is -0.0856. The van der Waals surface area contributed by atoms with Crippen LogP contribution in [0.25, 0.3) is 11.4 Å². The van der Waals surface area contributed by atoms with E-state index in [9.17, 15) is 4.79 Å². The summed E-state index contributed by atoms with van der Waals surface area (Å²) in [7, 11) is 0. The maximum Gasteiger partial charge on any atom is 0.243 e. The van der Waals surface area contributed by atoms with Crippen molar-refractivity contribution in [1.29, 1.82) is 0 Å². The van der Waals surface area contributed by atoms with Gasteiger partial charge < -0.3 is 10.6 Å². The Balaban J connectivity index is 1.59. The van der Waals surface area contributed by atoms with Crippen molar-refractivity contribution in [3.05, 3.63) is 30.3 Å². The number of amides is 1. The van der Waals surface area contributed by atoms with Gasteiger partial charge in [-0.15, -0.1) is 10.2 Å². The van der Waals surface area contributed by atoms with Crippen LogP contribution in [0.2, 0.25) is 0 Å². The number of carbonyl (C=O) groups excluding carboxylic acids is 1. The Hall–Kier alpha value is -2.28. The third kappa shape index (κ3) is 3.48. The van der Waals surface area contributed by atoms with Crippen molar-refractivity contribution in [2.24, 2.45) is 0 Å². The average Bonchev–Trinajstić information content (AvgIpc) is 2.99. The predicted molar refractivity (Wildman–Crippen MR) is 81.9 cm³/mol. The maximum absolute atomic E-state index is 12.1. The lowest BCUT2D eigenvalue weighted by Crippen LogP contribution is -2.52. The Kier molecular flexibility index (Phi) is 4.43. The second kappa shape index (κ2) is 6.65. The zero-order valence-electron chi connectivity index (χ0n) is 12.6. The second-order valence-electron chi connectivity index (χ2n) is 5.57. The summed E-state index contributed by atoms with van der Waals surface area (Å²) in [5.41, 5.74) is 0.888. The van der Waals surface area contributed by atoms with E-state index in [2.05, 4.69) is 33.0 Å². The Morgan fingerprint density at radius 2 is 2.23 bits per heavy atom. The SMILES string of the molecule is CC1NCCCC1NC(=O)Cn1nnc(-c2ccccc2)n1. The van der Waals surface area contributed by atoms with Crippen molar-refractivity contribution in [3.63, 3.8) is 0 Å². The number of carbonyl (C=O) groups is 1. The number of aromatic nitrogens is 4. The van der Waals surface area contributed by atoms with Gasteiger partial charge in [-0.1, -0.05) is 30.3 Å². The van der Waals surface area contributed by atoms with Crippen LogP contribution in [0, 0.1) is 0 Å². The van der Waals surface area contributed by atoms with Gasteiger partial charge in [0.1, 0.15) is 6.54 Å². The third-order valence-corrected chi connectivity index (χ3v) is 3.88. The molecule has 0 bridgehead atoms. The van der Waals surface area contributed by atoms with Gasteiger partial charge in [0.15, 0.2) is 0 Å². The Bertz CT molecular complexity index is 626. The monoisotopic (exact) mass is 300 g/mol. The summed E-state index contributed by atoms with van der Waals surface area (Å²) < 4.78 is 0. The molecular formula is C15H20N6O. The summed E-state index contributed by atoms with van der Waals surface area (Å²) in [5, 5.41) is 18.6. The number of rotatable bonds is 4. The molecule has 2 heterocycles. The van der Waals surface area contributed by atoms with Crippen molar-refractivity contribution in [3.8, 4) is 11.4 Å². The van der Waals surface area contributed by atoms with Crippen LogP contribution in [-0.2, 0) is 11.3 Å². The molecule has 1 saturated heterocycles. The zero-order chi connectivity index (χ0) is 15.4. The van der Waals surface area contributed by atoms with Crippen LogP contribution in [0.5, 0.6) is 0 Å². The molecule has 1 amide bonds. The first kappa shape index (κ1) is 14.6. The number of hydrogen-bond acceptors (Lipinski definition) is 5. The molecule has 1 aliphatic rings. The van der Waals surface area contributed by atoms with E-state index in [1.54, 1.807) is 0 Å². The van der Waals surface area contributed by atoms with E-state index >= 15 is 0 Å². The van der Waals surface area contributed by atoms with Crippen LogP contribution in [0.4, 0.5) is 0 Å². The molecule has 7 nitrogen and oxygen atoms in total. The lowest BCUT2D eigenvalue weighted by Gasteiger charge is -2.30. The highest BCUT2D eigenvalue weighted by Gasteiger charge is 2.22. The average molecular weight is 300 g/mol. The lowest BCUT2D eigenvalue weighted by atomic mass is 10.00. The van der Waals surface area contributed by atoms with E-state index in [1.165, 1.54) is 4.80 Å². The summed E-state index contributed by atoms with van der Waals surface area (Å²) >= 11 is 0. The minimum absolute atomic E-state index is 0.0856. The molecule has 1 aliphatic heterocycles. The predicted octanol–water partition coefficient (Wildman–Crippen LogP) is 0.597. The molecule has 22 heavy (non-hydrogen) atoms. The molecular weight excluding hydrogens is 280 g/mol. The van der Waals surface area contributed by atoms with Gasteiger partial charge in [-0.25, -0.2) is 0 Å². The first-order valence-electron chi connectivity index (χ1n) is 7.58. The van der Waals surface area contributed by atoms with Gasteiger partial charge in [-0.3, -0.25) is 4.79 Å². The van der Waals surface area contributed by atoms with Crippen LogP contribution < -0.4 is 10.6 Å². The zero-order valence-corrected chi connectivity index (χ0v) is 12.6. The van der Waals surface area contributed by atoms with Gasteiger partial charge >= 0.3 is 0 Å². The fourth-order valence-electron chi connectivity index (χ4n) is 2.64. The van der Waals surface area contributed by atoms with E-state index < -0.39 is 0 Å². The van der Waals surface area contributed by atoms with Gasteiger partial charge in [-0.05, 0) is 31.5 Å². The molecule has 1 aromatic carbocycles. The van der Waals surface area contributed by atoms with Crippen LogP contribution in [0.1, 0.15) is 19.8 Å². The molecule has 0 radical (unpaired) electrons. The molecule has 2 unspecified atom stereocenters. The van der Waals surface area contributed by atoms with Gasteiger partial charge in [0.05, 0.1) is 0 Å². The molecule has 0 aliphatic carbocycles. The van der Waals surface area contributed by atoms with Crippen LogP contribution in [0.3, 0.4) is 0 Å². The van der Waals surface area contributed by atoms with Crippen LogP contribution in [-0.4, -0.2) is 44.7 Å². The van der Waals surface area contributed by atoms with Crippen molar-refractivity contribution in [1.82, 2.24) is 30.8 Å². The number of piperidine rings is 1. The van der Waals surface area contributed by atoms with E-state index in [-0.39, 0.29) is 18.5 Å². The summed E-state index contributed by atoms with van der Waals surface area (Å²) in [5.74, 6) is 0.443. The fourth-order valence-corrected chi connectivity index (χ4v) is 2.64. The van der Waals surface area contributed by atoms with Crippen LogP contribution in [0.15, 0.2) is 30.3 Å². The molecule has 1 aromatic heterocycles. The molecule has 2 aromatic rings. The summed E-state index contributed by atoms with van der Waals surface area (Å²) in [6.07, 6.45) is 2.08. The van der Waals surface area contributed by atoms with Crippen molar-refractivity contribution >= 4 is 5.91 Å². The Morgan fingerprint density at radius 3 is 3.00 bits per heavy atom. The Labute approximate surface area is 129 Å². The molecule has 2 atom stereocenters. The minimum Gasteiger partial charge on any atom is -0.350 e. The highest BCUT2D eigenvalue weighted by atomic mass is 16.2. The second-order valence-corrected chi connectivity index (χ2v) is 5.57. The largest absolute Gasteiger partial charge is 0.350 e. The van der Waals surface area contributed by atoms with Crippen LogP contribution >= 0.6 is 0 Å². The first-order chi connectivity index (χ1) is 10.7. The molecule has 7 heteroatoms. The van der Waals surface area contributed by atoms with E-state index in [1.807, 2.05) is 30.3 Å². The summed E-state index contributed by atoms with van der Waals surface area (Å²) in [6, 6.07) is 10.1. The highest BCUT2D eigenvalue weighted by Crippen LogP contribution is 2.12. The number of tetrazole rings is 1. The Morgan fingerprint density at radius 1 is 1.41 bits per heavy atom. The topological polar surface area (TPSA) is 84.7 Å². The summed E-state index contributed by atoms with van der Waals surface area (Å²) in [4.78, 5) is 13.4. The molecule has 3 rings (SSSR count). The van der Waals surface area contributed by atoms with Crippen molar-refractivity contribution < 1.29 is 4.79 Å². The first-order valence-corrected chi connectivity index (χ1v) is 7.58. The normalized spacial score (nSPS) is 21.5.